The molecule has 1 aliphatic rings. The second-order valence-corrected chi connectivity index (χ2v) is 1.98. The van der Waals surface area contributed by atoms with Crippen LogP contribution in [0.3, 0.4) is 0 Å². The summed E-state index contributed by atoms with van der Waals surface area (Å²) in [6.45, 7) is 1.97. The fourth-order valence-electron chi connectivity index (χ4n) is 0.782. The second kappa shape index (κ2) is 1.80. The number of hydrogen-bond donors (Lipinski definition) is 1. The van der Waals surface area contributed by atoms with Gasteiger partial charge in [0, 0.05) is 6.42 Å². The van der Waals surface area contributed by atoms with Crippen molar-refractivity contribution in [1.82, 2.24) is 0 Å². The van der Waals surface area contributed by atoms with Crippen LogP contribution in [0.5, 0.6) is 0 Å². The van der Waals surface area contributed by atoms with Crippen molar-refractivity contribution in [2.75, 3.05) is 0 Å². The van der Waals surface area contributed by atoms with Crippen molar-refractivity contribution in [3.63, 3.8) is 0 Å². The Bertz CT molecular complexity index is 55.1. The van der Waals surface area contributed by atoms with Gasteiger partial charge in [0.1, 0.15) is 0 Å². The number of aliphatic hydroxyl groups excluding tert-OH is 1. The highest BCUT2D eigenvalue weighted by atomic mass is 16.6. The Kier molecular flexibility index (Phi) is 1.30. The first-order valence-electron chi connectivity index (χ1n) is 2.62. The van der Waals surface area contributed by atoms with Gasteiger partial charge >= 0.3 is 0 Å². The zero-order chi connectivity index (χ0) is 5.28. The van der Waals surface area contributed by atoms with E-state index in [2.05, 4.69) is 0 Å². The largest absolute Gasteiger partial charge is 0.368 e. The highest BCUT2D eigenvalue weighted by molar-refractivity contribution is 4.60. The van der Waals surface area contributed by atoms with Crippen LogP contribution in [0.15, 0.2) is 0 Å². The zero-order valence-electron chi connectivity index (χ0n) is 4.42. The molecule has 0 aromatic rings. The molecule has 1 rings (SSSR count). The van der Waals surface area contributed by atoms with Crippen molar-refractivity contribution < 1.29 is 9.84 Å². The molecule has 42 valence electrons. The Balaban J connectivity index is 2.26. The third-order valence-corrected chi connectivity index (χ3v) is 1.21. The SMILES string of the molecule is CC1CCC(O)O1. The molecule has 7 heavy (non-hydrogen) atoms. The molecule has 0 amide bonds. The highest BCUT2D eigenvalue weighted by Crippen LogP contribution is 2.15. The first-order valence-corrected chi connectivity index (χ1v) is 2.62. The average molecular weight is 102 g/mol. The summed E-state index contributed by atoms with van der Waals surface area (Å²) in [5.74, 6) is 0. The summed E-state index contributed by atoms with van der Waals surface area (Å²) >= 11 is 0. The van der Waals surface area contributed by atoms with Crippen molar-refractivity contribution in [2.24, 2.45) is 0 Å². The predicted octanol–water partition coefficient (Wildman–Crippen LogP) is 0.504. The van der Waals surface area contributed by atoms with E-state index in [1.165, 1.54) is 0 Å². The van der Waals surface area contributed by atoms with E-state index in [0.717, 1.165) is 12.8 Å². The summed E-state index contributed by atoms with van der Waals surface area (Å²) in [6, 6.07) is 0. The lowest BCUT2D eigenvalue weighted by Crippen LogP contribution is -2.05. The molecular formula is C5H10O2. The van der Waals surface area contributed by atoms with E-state index in [9.17, 15) is 0 Å². The number of ether oxygens (including phenoxy) is 1. The minimum atomic E-state index is -0.477. The molecular weight excluding hydrogens is 92.1 g/mol. The third-order valence-electron chi connectivity index (χ3n) is 1.21. The molecule has 0 radical (unpaired) electrons. The van der Waals surface area contributed by atoms with Crippen LogP contribution in [0.4, 0.5) is 0 Å². The van der Waals surface area contributed by atoms with E-state index in [4.69, 9.17) is 9.84 Å². The minimum absolute atomic E-state index is 0.273. The molecule has 0 aromatic heterocycles. The molecule has 0 bridgehead atoms. The third kappa shape index (κ3) is 1.14. The topological polar surface area (TPSA) is 29.5 Å². The zero-order valence-corrected chi connectivity index (χ0v) is 4.42. The highest BCUT2D eigenvalue weighted by Gasteiger charge is 2.17. The monoisotopic (exact) mass is 102 g/mol. The molecule has 2 nitrogen and oxygen atoms in total. The predicted molar refractivity (Wildman–Crippen MR) is 25.8 cm³/mol. The summed E-state index contributed by atoms with van der Waals surface area (Å²) in [5.41, 5.74) is 0. The Labute approximate surface area is 43.1 Å². The molecule has 1 aliphatic heterocycles. The van der Waals surface area contributed by atoms with Gasteiger partial charge in [-0.1, -0.05) is 0 Å². The molecule has 2 atom stereocenters. The standard InChI is InChI=1S/C5H10O2/c1-4-2-3-5(6)7-4/h4-6H,2-3H2,1H3. The summed E-state index contributed by atoms with van der Waals surface area (Å²) in [4.78, 5) is 0. The van der Waals surface area contributed by atoms with Crippen molar-refractivity contribution in [1.29, 1.82) is 0 Å². The lowest BCUT2D eigenvalue weighted by Gasteiger charge is -2.00. The number of hydrogen-bond acceptors (Lipinski definition) is 2. The van der Waals surface area contributed by atoms with Gasteiger partial charge < -0.3 is 9.84 Å². The van der Waals surface area contributed by atoms with Gasteiger partial charge in [-0.25, -0.2) is 0 Å². The summed E-state index contributed by atoms with van der Waals surface area (Å²) in [7, 11) is 0. The van der Waals surface area contributed by atoms with Crippen LogP contribution in [-0.2, 0) is 4.74 Å². The van der Waals surface area contributed by atoms with Gasteiger partial charge in [0.25, 0.3) is 0 Å². The van der Waals surface area contributed by atoms with Gasteiger partial charge in [-0.05, 0) is 13.3 Å². The maximum atomic E-state index is 8.68. The summed E-state index contributed by atoms with van der Waals surface area (Å²) in [5, 5.41) is 8.68. The lowest BCUT2D eigenvalue weighted by atomic mass is 10.3. The Hall–Kier alpha value is -0.0800. The molecule has 1 heterocycles. The fraction of sp³-hybridized carbons (Fsp3) is 1.00. The first-order chi connectivity index (χ1) is 3.29. The molecule has 1 fully saturated rings. The summed E-state index contributed by atoms with van der Waals surface area (Å²) < 4.78 is 4.92. The van der Waals surface area contributed by atoms with Crippen molar-refractivity contribution in [3.8, 4) is 0 Å². The van der Waals surface area contributed by atoms with Crippen LogP contribution in [-0.4, -0.2) is 17.5 Å². The van der Waals surface area contributed by atoms with Gasteiger partial charge in [0.2, 0.25) is 0 Å². The van der Waals surface area contributed by atoms with Gasteiger partial charge in [-0.2, -0.15) is 0 Å². The molecule has 0 aliphatic carbocycles. The molecule has 1 N–H and O–H groups in total. The van der Waals surface area contributed by atoms with Crippen molar-refractivity contribution in [3.05, 3.63) is 0 Å². The average Bonchev–Trinajstić information content (AvgIpc) is 1.87. The van der Waals surface area contributed by atoms with Gasteiger partial charge in [-0.3, -0.25) is 0 Å². The van der Waals surface area contributed by atoms with Crippen LogP contribution in [0.2, 0.25) is 0 Å². The molecule has 0 spiro atoms. The number of rotatable bonds is 0. The van der Waals surface area contributed by atoms with Crippen molar-refractivity contribution in [2.45, 2.75) is 32.2 Å². The van der Waals surface area contributed by atoms with Crippen LogP contribution < -0.4 is 0 Å². The van der Waals surface area contributed by atoms with Crippen LogP contribution in [0.25, 0.3) is 0 Å². The van der Waals surface area contributed by atoms with Crippen LogP contribution >= 0.6 is 0 Å². The van der Waals surface area contributed by atoms with E-state index >= 15 is 0 Å². The van der Waals surface area contributed by atoms with Crippen molar-refractivity contribution >= 4 is 0 Å². The maximum Gasteiger partial charge on any atom is 0.154 e. The maximum absolute atomic E-state index is 8.68. The fourth-order valence-corrected chi connectivity index (χ4v) is 0.782. The second-order valence-electron chi connectivity index (χ2n) is 1.98. The first kappa shape index (κ1) is 5.06. The quantitative estimate of drug-likeness (QED) is 0.482. The van der Waals surface area contributed by atoms with E-state index in [1.807, 2.05) is 6.92 Å². The van der Waals surface area contributed by atoms with E-state index in [-0.39, 0.29) is 6.10 Å². The van der Waals surface area contributed by atoms with E-state index in [0.29, 0.717) is 0 Å². The van der Waals surface area contributed by atoms with Crippen LogP contribution in [0.1, 0.15) is 19.8 Å². The number of aliphatic hydroxyl groups is 1. The van der Waals surface area contributed by atoms with Gasteiger partial charge in [0.05, 0.1) is 6.10 Å². The van der Waals surface area contributed by atoms with Gasteiger partial charge in [0.15, 0.2) is 6.29 Å². The smallest absolute Gasteiger partial charge is 0.154 e. The van der Waals surface area contributed by atoms with E-state index in [1.54, 1.807) is 0 Å². The minimum Gasteiger partial charge on any atom is -0.368 e. The summed E-state index contributed by atoms with van der Waals surface area (Å²) in [6.07, 6.45) is 1.60. The molecule has 2 heteroatoms. The molecule has 0 saturated carbocycles. The molecule has 1 saturated heterocycles. The lowest BCUT2D eigenvalue weighted by molar-refractivity contribution is -0.0849. The Morgan fingerprint density at radius 3 is 2.43 bits per heavy atom. The van der Waals surface area contributed by atoms with E-state index < -0.39 is 6.29 Å². The molecule has 2 unspecified atom stereocenters. The van der Waals surface area contributed by atoms with Gasteiger partial charge in [-0.15, -0.1) is 0 Å². The Morgan fingerprint density at radius 2 is 2.29 bits per heavy atom. The molecule has 0 aromatic carbocycles. The Morgan fingerprint density at radius 1 is 1.57 bits per heavy atom. The normalized spacial score (nSPS) is 42.0. The van der Waals surface area contributed by atoms with Crippen LogP contribution in [0, 0.1) is 0 Å².